The van der Waals surface area contributed by atoms with Gasteiger partial charge in [-0.1, -0.05) is 30.3 Å². The Balaban J connectivity index is 1.47. The van der Waals surface area contributed by atoms with Gasteiger partial charge in [-0.15, -0.1) is 0 Å². The van der Waals surface area contributed by atoms with Crippen molar-refractivity contribution in [2.45, 2.75) is 37.3 Å². The molecule has 0 radical (unpaired) electrons. The van der Waals surface area contributed by atoms with Crippen molar-refractivity contribution in [2.75, 3.05) is 13.1 Å². The molecule has 1 spiro atoms. The summed E-state index contributed by atoms with van der Waals surface area (Å²) in [5, 5.41) is 3.33. The number of nitrogens with one attached hydrogen (secondary N) is 1. The SMILES string of the molecule is O=C1C[C@H](c2ccccc2)C2(CCN(Cc3ccncc3)CC2)N1. The molecular weight excluding hydrogens is 298 g/mol. The molecule has 3 heterocycles. The number of hydrogen-bond donors (Lipinski definition) is 1. The van der Waals surface area contributed by atoms with E-state index in [0.717, 1.165) is 32.5 Å². The Morgan fingerprint density at radius 2 is 1.79 bits per heavy atom. The van der Waals surface area contributed by atoms with Gasteiger partial charge in [0.1, 0.15) is 0 Å². The number of carbonyl (C=O) groups is 1. The molecular formula is C20H23N3O. The van der Waals surface area contributed by atoms with E-state index in [1.807, 2.05) is 18.5 Å². The van der Waals surface area contributed by atoms with Crippen LogP contribution in [0.15, 0.2) is 54.9 Å². The lowest BCUT2D eigenvalue weighted by molar-refractivity contribution is -0.120. The van der Waals surface area contributed by atoms with Crippen LogP contribution in [0.25, 0.3) is 0 Å². The zero-order chi connectivity index (χ0) is 16.4. The summed E-state index contributed by atoms with van der Waals surface area (Å²) in [4.78, 5) is 18.7. The number of nitrogens with zero attached hydrogens (tertiary/aromatic N) is 2. The molecule has 0 aliphatic carbocycles. The van der Waals surface area contributed by atoms with Crippen LogP contribution in [0, 0.1) is 0 Å². The first kappa shape index (κ1) is 15.3. The predicted molar refractivity (Wildman–Crippen MR) is 93.4 cm³/mol. The van der Waals surface area contributed by atoms with Gasteiger partial charge in [-0.3, -0.25) is 14.7 Å². The van der Waals surface area contributed by atoms with Gasteiger partial charge in [0.15, 0.2) is 0 Å². The molecule has 4 rings (SSSR count). The van der Waals surface area contributed by atoms with Crippen LogP contribution >= 0.6 is 0 Å². The molecule has 1 atom stereocenters. The van der Waals surface area contributed by atoms with Crippen LogP contribution in [0.4, 0.5) is 0 Å². The summed E-state index contributed by atoms with van der Waals surface area (Å²) in [5.41, 5.74) is 2.53. The maximum absolute atomic E-state index is 12.1. The summed E-state index contributed by atoms with van der Waals surface area (Å²) in [7, 11) is 0. The molecule has 1 aromatic heterocycles. The van der Waals surface area contributed by atoms with Crippen molar-refractivity contribution >= 4 is 5.91 Å². The summed E-state index contributed by atoms with van der Waals surface area (Å²) in [6.45, 7) is 3.00. The number of hydrogen-bond acceptors (Lipinski definition) is 3. The highest BCUT2D eigenvalue weighted by atomic mass is 16.2. The Labute approximate surface area is 142 Å². The van der Waals surface area contributed by atoms with E-state index in [1.165, 1.54) is 11.1 Å². The number of carbonyl (C=O) groups excluding carboxylic acids is 1. The quantitative estimate of drug-likeness (QED) is 0.945. The van der Waals surface area contributed by atoms with Crippen molar-refractivity contribution in [1.82, 2.24) is 15.2 Å². The normalized spacial score (nSPS) is 23.3. The van der Waals surface area contributed by atoms with Crippen molar-refractivity contribution in [2.24, 2.45) is 0 Å². The zero-order valence-corrected chi connectivity index (χ0v) is 13.8. The van der Waals surface area contributed by atoms with E-state index in [9.17, 15) is 4.79 Å². The molecule has 2 aliphatic heterocycles. The zero-order valence-electron chi connectivity index (χ0n) is 13.8. The van der Waals surface area contributed by atoms with Gasteiger partial charge >= 0.3 is 0 Å². The monoisotopic (exact) mass is 321 g/mol. The molecule has 2 saturated heterocycles. The molecule has 1 N–H and O–H groups in total. The first-order valence-corrected chi connectivity index (χ1v) is 8.72. The third-order valence-corrected chi connectivity index (χ3v) is 5.55. The van der Waals surface area contributed by atoms with Gasteiger partial charge in [0.05, 0.1) is 0 Å². The Morgan fingerprint density at radius 3 is 2.50 bits per heavy atom. The van der Waals surface area contributed by atoms with Gasteiger partial charge in [0, 0.05) is 49.9 Å². The first-order chi connectivity index (χ1) is 11.8. The van der Waals surface area contributed by atoms with E-state index >= 15 is 0 Å². The highest BCUT2D eigenvalue weighted by Crippen LogP contribution is 2.43. The van der Waals surface area contributed by atoms with Gasteiger partial charge in [-0.25, -0.2) is 0 Å². The fourth-order valence-electron chi connectivity index (χ4n) is 4.25. The van der Waals surface area contributed by atoms with Crippen LogP contribution < -0.4 is 5.32 Å². The minimum absolute atomic E-state index is 0.0623. The molecule has 2 fully saturated rings. The largest absolute Gasteiger partial charge is 0.350 e. The average molecular weight is 321 g/mol. The number of pyridine rings is 1. The van der Waals surface area contributed by atoms with Crippen LogP contribution in [-0.2, 0) is 11.3 Å². The lowest BCUT2D eigenvalue weighted by Gasteiger charge is -2.43. The van der Waals surface area contributed by atoms with Crippen molar-refractivity contribution in [1.29, 1.82) is 0 Å². The Hall–Kier alpha value is -2.20. The molecule has 1 amide bonds. The standard InChI is InChI=1S/C20H23N3O/c24-19-14-18(17-4-2-1-3-5-17)20(22-19)8-12-23(13-9-20)15-16-6-10-21-11-7-16/h1-7,10-11,18H,8-9,12-15H2,(H,22,24)/t18-/m1/s1. The van der Waals surface area contributed by atoms with Crippen molar-refractivity contribution in [3.05, 3.63) is 66.0 Å². The number of benzene rings is 1. The highest BCUT2D eigenvalue weighted by molar-refractivity contribution is 5.81. The fourth-order valence-corrected chi connectivity index (χ4v) is 4.25. The van der Waals surface area contributed by atoms with Crippen molar-refractivity contribution in [3.63, 3.8) is 0 Å². The summed E-state index contributed by atoms with van der Waals surface area (Å²) < 4.78 is 0. The summed E-state index contributed by atoms with van der Waals surface area (Å²) in [5.74, 6) is 0.501. The Bertz CT molecular complexity index is 693. The predicted octanol–water partition coefficient (Wildman–Crippen LogP) is 2.72. The lowest BCUT2D eigenvalue weighted by Crippen LogP contribution is -2.53. The van der Waals surface area contributed by atoms with Crippen LogP contribution in [0.1, 0.15) is 36.3 Å². The minimum atomic E-state index is -0.0623. The van der Waals surface area contributed by atoms with E-state index in [2.05, 4.69) is 51.6 Å². The highest BCUT2D eigenvalue weighted by Gasteiger charge is 2.48. The average Bonchev–Trinajstić information content (AvgIpc) is 2.95. The molecule has 124 valence electrons. The van der Waals surface area contributed by atoms with Crippen LogP contribution in [0.3, 0.4) is 0 Å². The number of likely N-dealkylation sites (tertiary alicyclic amines) is 1. The molecule has 1 aromatic carbocycles. The van der Waals surface area contributed by atoms with E-state index < -0.39 is 0 Å². The number of rotatable bonds is 3. The smallest absolute Gasteiger partial charge is 0.221 e. The van der Waals surface area contributed by atoms with Crippen LogP contribution in [0.2, 0.25) is 0 Å². The van der Waals surface area contributed by atoms with Crippen LogP contribution in [-0.4, -0.2) is 34.4 Å². The van der Waals surface area contributed by atoms with E-state index in [-0.39, 0.29) is 11.4 Å². The number of amides is 1. The van der Waals surface area contributed by atoms with Gasteiger partial charge in [-0.05, 0) is 36.1 Å². The molecule has 2 aromatic rings. The summed E-state index contributed by atoms with van der Waals surface area (Å²) >= 11 is 0. The molecule has 0 unspecified atom stereocenters. The van der Waals surface area contributed by atoms with E-state index in [0.29, 0.717) is 12.3 Å². The van der Waals surface area contributed by atoms with E-state index in [4.69, 9.17) is 0 Å². The lowest BCUT2D eigenvalue weighted by atomic mass is 9.74. The Morgan fingerprint density at radius 1 is 1.08 bits per heavy atom. The number of piperidine rings is 1. The van der Waals surface area contributed by atoms with Crippen molar-refractivity contribution in [3.8, 4) is 0 Å². The van der Waals surface area contributed by atoms with Crippen molar-refractivity contribution < 1.29 is 4.79 Å². The second kappa shape index (κ2) is 6.36. The summed E-state index contributed by atoms with van der Waals surface area (Å²) in [6, 6.07) is 14.7. The third kappa shape index (κ3) is 2.94. The maximum atomic E-state index is 12.1. The first-order valence-electron chi connectivity index (χ1n) is 8.72. The fraction of sp³-hybridized carbons (Fsp3) is 0.400. The Kier molecular flexibility index (Phi) is 4.07. The van der Waals surface area contributed by atoms with E-state index in [1.54, 1.807) is 0 Å². The molecule has 0 saturated carbocycles. The van der Waals surface area contributed by atoms with Crippen LogP contribution in [0.5, 0.6) is 0 Å². The van der Waals surface area contributed by atoms with Gasteiger partial charge in [0.2, 0.25) is 5.91 Å². The minimum Gasteiger partial charge on any atom is -0.350 e. The topological polar surface area (TPSA) is 45.2 Å². The molecule has 2 aliphatic rings. The third-order valence-electron chi connectivity index (χ3n) is 5.55. The van der Waals surface area contributed by atoms with Gasteiger partial charge in [0.25, 0.3) is 0 Å². The van der Waals surface area contributed by atoms with Gasteiger partial charge in [-0.2, -0.15) is 0 Å². The molecule has 0 bridgehead atoms. The molecule has 24 heavy (non-hydrogen) atoms. The second-order valence-corrected chi connectivity index (χ2v) is 7.00. The summed E-state index contributed by atoms with van der Waals surface area (Å²) in [6.07, 6.45) is 6.36. The molecule has 4 heteroatoms. The number of aromatic nitrogens is 1. The van der Waals surface area contributed by atoms with Gasteiger partial charge < -0.3 is 5.32 Å². The molecule has 4 nitrogen and oxygen atoms in total. The maximum Gasteiger partial charge on any atom is 0.221 e. The second-order valence-electron chi connectivity index (χ2n) is 7.00.